The Morgan fingerprint density at radius 3 is 2.17 bits per heavy atom. The zero-order chi connectivity index (χ0) is 17.5. The van der Waals surface area contributed by atoms with Gasteiger partial charge in [0.2, 0.25) is 10.0 Å². The van der Waals surface area contributed by atoms with E-state index in [2.05, 4.69) is 4.98 Å². The number of sulfonamides is 1. The molecule has 0 aliphatic carbocycles. The molecular weight excluding hydrogens is 328 g/mol. The summed E-state index contributed by atoms with van der Waals surface area (Å²) in [5.74, 6) is 1.31. The van der Waals surface area contributed by atoms with E-state index in [0.29, 0.717) is 19.1 Å². The van der Waals surface area contributed by atoms with Gasteiger partial charge < -0.3 is 9.15 Å². The number of nitrogens with zero attached hydrogens (tertiary/aromatic N) is 2. The number of benzene rings is 1. The van der Waals surface area contributed by atoms with Crippen molar-refractivity contribution in [2.75, 3.05) is 13.2 Å². The summed E-state index contributed by atoms with van der Waals surface area (Å²) in [6.07, 6.45) is 0. The minimum Gasteiger partial charge on any atom is -0.446 e. The molecule has 1 fully saturated rings. The van der Waals surface area contributed by atoms with Gasteiger partial charge >= 0.3 is 0 Å². The highest BCUT2D eigenvalue weighted by Gasteiger charge is 2.36. The lowest BCUT2D eigenvalue weighted by molar-refractivity contribution is 0.00636. The minimum atomic E-state index is -3.55. The van der Waals surface area contributed by atoms with Crippen LogP contribution in [0.1, 0.15) is 25.5 Å². The highest BCUT2D eigenvalue weighted by Crippen LogP contribution is 2.28. The van der Waals surface area contributed by atoms with Gasteiger partial charge in [-0.1, -0.05) is 12.1 Å². The van der Waals surface area contributed by atoms with Gasteiger partial charge in [-0.3, -0.25) is 0 Å². The van der Waals surface area contributed by atoms with Gasteiger partial charge in [0.25, 0.3) is 0 Å². The Hall–Kier alpha value is -1.70. The summed E-state index contributed by atoms with van der Waals surface area (Å²) in [4.78, 5) is 4.63. The topological polar surface area (TPSA) is 72.6 Å². The van der Waals surface area contributed by atoms with Crippen molar-refractivity contribution in [1.29, 1.82) is 0 Å². The first-order valence-electron chi connectivity index (χ1n) is 7.96. The van der Waals surface area contributed by atoms with Gasteiger partial charge in [-0.25, -0.2) is 13.4 Å². The van der Waals surface area contributed by atoms with Crippen LogP contribution >= 0.6 is 0 Å². The maximum atomic E-state index is 13.0. The molecule has 7 heteroatoms. The molecule has 1 aromatic carbocycles. The smallest absolute Gasteiger partial charge is 0.243 e. The number of rotatable bonds is 3. The summed E-state index contributed by atoms with van der Waals surface area (Å²) in [5, 5.41) is 0. The Balaban J connectivity index is 1.93. The fraction of sp³-hybridized carbons (Fsp3) is 0.471. The second-order valence-electron chi connectivity index (χ2n) is 6.23. The molecule has 3 rings (SSSR count). The summed E-state index contributed by atoms with van der Waals surface area (Å²) in [6.45, 7) is 8.19. The first-order valence-corrected chi connectivity index (χ1v) is 9.40. The molecule has 24 heavy (non-hydrogen) atoms. The highest BCUT2D eigenvalue weighted by molar-refractivity contribution is 7.89. The van der Waals surface area contributed by atoms with Crippen molar-refractivity contribution in [3.63, 3.8) is 0 Å². The molecule has 1 aromatic heterocycles. The monoisotopic (exact) mass is 350 g/mol. The molecule has 1 aliphatic heterocycles. The normalized spacial score (nSPS) is 22.7. The van der Waals surface area contributed by atoms with Crippen LogP contribution < -0.4 is 0 Å². The average molecular weight is 350 g/mol. The molecule has 0 amide bonds. The van der Waals surface area contributed by atoms with Crippen LogP contribution in [0.4, 0.5) is 0 Å². The van der Waals surface area contributed by atoms with Gasteiger partial charge in [0.15, 0.2) is 5.89 Å². The van der Waals surface area contributed by atoms with Crippen LogP contribution in [0.15, 0.2) is 33.6 Å². The number of oxazole rings is 1. The average Bonchev–Trinajstić information content (AvgIpc) is 2.85. The molecule has 2 unspecified atom stereocenters. The van der Waals surface area contributed by atoms with Crippen molar-refractivity contribution in [2.24, 2.45) is 0 Å². The van der Waals surface area contributed by atoms with E-state index >= 15 is 0 Å². The number of hydrogen-bond donors (Lipinski definition) is 0. The maximum absolute atomic E-state index is 13.0. The Labute approximate surface area is 142 Å². The predicted molar refractivity (Wildman–Crippen MR) is 90.2 cm³/mol. The second kappa shape index (κ2) is 6.31. The number of morpholine rings is 1. The van der Waals surface area contributed by atoms with Crippen molar-refractivity contribution >= 4 is 10.0 Å². The first-order chi connectivity index (χ1) is 11.3. The zero-order valence-electron chi connectivity index (χ0n) is 14.3. The summed E-state index contributed by atoms with van der Waals surface area (Å²) in [5.41, 5.74) is 1.58. The van der Waals surface area contributed by atoms with Crippen molar-refractivity contribution in [1.82, 2.24) is 9.29 Å². The number of hydrogen-bond acceptors (Lipinski definition) is 5. The van der Waals surface area contributed by atoms with Crippen LogP contribution in [0.5, 0.6) is 0 Å². The van der Waals surface area contributed by atoms with E-state index in [1.165, 1.54) is 4.31 Å². The van der Waals surface area contributed by atoms with Crippen molar-refractivity contribution in [3.05, 3.63) is 35.9 Å². The van der Waals surface area contributed by atoms with E-state index in [1.807, 2.05) is 20.8 Å². The first kappa shape index (κ1) is 17.1. The Bertz CT molecular complexity index is 817. The summed E-state index contributed by atoms with van der Waals surface area (Å²) in [7, 11) is -3.55. The van der Waals surface area contributed by atoms with E-state index in [1.54, 1.807) is 31.2 Å². The van der Waals surface area contributed by atoms with Crippen LogP contribution in [0, 0.1) is 13.8 Å². The van der Waals surface area contributed by atoms with Crippen LogP contribution in [0.25, 0.3) is 11.3 Å². The molecular formula is C17H22N2O4S. The largest absolute Gasteiger partial charge is 0.446 e. The van der Waals surface area contributed by atoms with Crippen molar-refractivity contribution in [3.8, 4) is 11.3 Å². The van der Waals surface area contributed by atoms with Gasteiger partial charge in [0, 0.05) is 24.6 Å². The number of ether oxygens (including phenoxy) is 1. The predicted octanol–water partition coefficient (Wildman–Crippen LogP) is 2.76. The lowest BCUT2D eigenvalue weighted by atomic mass is 10.1. The minimum absolute atomic E-state index is 0.182. The van der Waals surface area contributed by atoms with Crippen LogP contribution in [-0.4, -0.2) is 43.0 Å². The van der Waals surface area contributed by atoms with E-state index in [-0.39, 0.29) is 17.0 Å². The van der Waals surface area contributed by atoms with Crippen molar-refractivity contribution < 1.29 is 17.6 Å². The van der Waals surface area contributed by atoms with Crippen LogP contribution in [0.3, 0.4) is 0 Å². The molecule has 6 nitrogen and oxygen atoms in total. The molecule has 0 radical (unpaired) electrons. The number of aromatic nitrogens is 1. The molecule has 2 aromatic rings. The fourth-order valence-electron chi connectivity index (χ4n) is 3.17. The molecule has 0 N–H and O–H groups in total. The molecule has 0 saturated carbocycles. The van der Waals surface area contributed by atoms with Crippen molar-refractivity contribution in [2.45, 2.75) is 44.7 Å². The van der Waals surface area contributed by atoms with Crippen LogP contribution in [0.2, 0.25) is 0 Å². The summed E-state index contributed by atoms with van der Waals surface area (Å²) < 4.78 is 38.3. The third kappa shape index (κ3) is 2.99. The van der Waals surface area contributed by atoms with Gasteiger partial charge in [0.05, 0.1) is 18.1 Å². The molecule has 0 spiro atoms. The third-order valence-electron chi connectivity index (χ3n) is 4.19. The second-order valence-corrected chi connectivity index (χ2v) is 8.08. The Morgan fingerprint density at radius 2 is 1.67 bits per heavy atom. The quantitative estimate of drug-likeness (QED) is 0.851. The zero-order valence-corrected chi connectivity index (χ0v) is 15.1. The lowest BCUT2D eigenvalue weighted by Crippen LogP contribution is -2.52. The molecule has 130 valence electrons. The Kier molecular flexibility index (Phi) is 4.50. The van der Waals surface area contributed by atoms with E-state index < -0.39 is 10.0 Å². The molecule has 1 saturated heterocycles. The molecule has 1 aliphatic rings. The lowest BCUT2D eigenvalue weighted by Gasteiger charge is -2.37. The highest BCUT2D eigenvalue weighted by atomic mass is 32.2. The molecule has 2 atom stereocenters. The Morgan fingerprint density at radius 1 is 1.08 bits per heavy atom. The maximum Gasteiger partial charge on any atom is 0.243 e. The SMILES string of the molecule is Cc1nc(-c2ccc(S(=O)(=O)N3C(C)COCC3C)cc2)c(C)o1. The number of aryl methyl sites for hydroxylation is 2. The molecule has 2 heterocycles. The molecule has 0 bridgehead atoms. The van der Waals surface area contributed by atoms with E-state index in [9.17, 15) is 8.42 Å². The summed E-state index contributed by atoms with van der Waals surface area (Å²) in [6, 6.07) is 6.43. The van der Waals surface area contributed by atoms with Gasteiger partial charge in [0.1, 0.15) is 11.5 Å². The standard InChI is InChI=1S/C17H22N2O4S/c1-11-9-22-10-12(2)19(11)24(20,21)16-7-5-15(6-8-16)17-13(3)23-14(4)18-17/h5-8,11-12H,9-10H2,1-4H3. The van der Waals surface area contributed by atoms with Gasteiger partial charge in [-0.15, -0.1) is 0 Å². The third-order valence-corrected chi connectivity index (χ3v) is 6.34. The van der Waals surface area contributed by atoms with Crippen LogP contribution in [-0.2, 0) is 14.8 Å². The van der Waals surface area contributed by atoms with E-state index in [0.717, 1.165) is 17.0 Å². The van der Waals surface area contributed by atoms with E-state index in [4.69, 9.17) is 9.15 Å². The summed E-state index contributed by atoms with van der Waals surface area (Å²) >= 11 is 0. The van der Waals surface area contributed by atoms with Gasteiger partial charge in [-0.05, 0) is 32.9 Å². The van der Waals surface area contributed by atoms with Gasteiger partial charge in [-0.2, -0.15) is 4.31 Å². The fourth-order valence-corrected chi connectivity index (χ4v) is 4.96.